The molecule has 136 valence electrons. The number of anilines is 1. The van der Waals surface area contributed by atoms with E-state index in [0.29, 0.717) is 0 Å². The molecule has 0 radical (unpaired) electrons. The van der Waals surface area contributed by atoms with E-state index in [4.69, 9.17) is 21.4 Å². The topological polar surface area (TPSA) is 24.8 Å². The van der Waals surface area contributed by atoms with Crippen LogP contribution in [0.3, 0.4) is 0 Å². The number of methoxy groups -OCH3 is 1. The zero-order chi connectivity index (χ0) is 18.8. The molecule has 1 heterocycles. The molecule has 0 saturated carbocycles. The molecule has 3 aromatic carbocycles. The van der Waals surface area contributed by atoms with Crippen LogP contribution in [0, 0.1) is 0 Å². The Morgan fingerprint density at radius 1 is 0.963 bits per heavy atom. The van der Waals surface area contributed by atoms with Gasteiger partial charge in [0.2, 0.25) is 0 Å². The first-order valence-corrected chi connectivity index (χ1v) is 9.83. The van der Waals surface area contributed by atoms with Crippen LogP contribution in [-0.4, -0.2) is 12.8 Å². The molecule has 0 bridgehead atoms. The number of benzene rings is 3. The molecule has 0 amide bonds. The van der Waals surface area contributed by atoms with Crippen molar-refractivity contribution >= 4 is 38.9 Å². The maximum Gasteiger partial charge on any atom is 0.118 e. The van der Waals surface area contributed by atoms with Crippen molar-refractivity contribution in [2.75, 3.05) is 12.1 Å². The maximum atomic E-state index is 6.04. The van der Waals surface area contributed by atoms with Crippen LogP contribution in [0.25, 0.3) is 0 Å². The fourth-order valence-corrected chi connectivity index (χ4v) is 3.63. The van der Waals surface area contributed by atoms with Crippen LogP contribution >= 0.6 is 27.5 Å². The van der Waals surface area contributed by atoms with Crippen LogP contribution in [0.5, 0.6) is 5.75 Å². The second-order valence-electron chi connectivity index (χ2n) is 6.37. The van der Waals surface area contributed by atoms with Crippen LogP contribution in [0.15, 0.2) is 82.4 Å². The zero-order valence-electron chi connectivity index (χ0n) is 14.8. The van der Waals surface area contributed by atoms with Gasteiger partial charge in [-0.3, -0.25) is 5.01 Å². The van der Waals surface area contributed by atoms with Gasteiger partial charge in [-0.25, -0.2) is 0 Å². The Kier molecular flexibility index (Phi) is 5.19. The van der Waals surface area contributed by atoms with Crippen molar-refractivity contribution in [3.63, 3.8) is 0 Å². The Morgan fingerprint density at radius 3 is 2.26 bits per heavy atom. The second kappa shape index (κ2) is 7.75. The predicted molar refractivity (Wildman–Crippen MR) is 115 cm³/mol. The lowest BCUT2D eigenvalue weighted by molar-refractivity contribution is 0.414. The minimum Gasteiger partial charge on any atom is -0.497 e. The lowest BCUT2D eigenvalue weighted by Crippen LogP contribution is -2.18. The van der Waals surface area contributed by atoms with Crippen LogP contribution in [0.1, 0.15) is 23.6 Å². The number of hydrazone groups is 1. The van der Waals surface area contributed by atoms with Gasteiger partial charge in [0.1, 0.15) is 5.75 Å². The summed E-state index contributed by atoms with van der Waals surface area (Å²) < 4.78 is 6.35. The molecule has 1 aliphatic rings. The summed E-state index contributed by atoms with van der Waals surface area (Å²) in [5, 5.41) is 7.77. The smallest absolute Gasteiger partial charge is 0.118 e. The van der Waals surface area contributed by atoms with E-state index in [-0.39, 0.29) is 6.04 Å². The van der Waals surface area contributed by atoms with Gasteiger partial charge in [0, 0.05) is 15.9 Å². The van der Waals surface area contributed by atoms with Crippen molar-refractivity contribution in [1.29, 1.82) is 0 Å². The summed E-state index contributed by atoms with van der Waals surface area (Å²) in [4.78, 5) is 0. The summed E-state index contributed by atoms with van der Waals surface area (Å²) in [6.07, 6.45) is 0.823. The molecule has 4 rings (SSSR count). The third kappa shape index (κ3) is 3.87. The van der Waals surface area contributed by atoms with E-state index >= 15 is 0 Å². The predicted octanol–water partition coefficient (Wildman–Crippen LogP) is 6.47. The third-order valence-corrected chi connectivity index (χ3v) is 5.46. The fourth-order valence-electron chi connectivity index (χ4n) is 3.24. The van der Waals surface area contributed by atoms with Gasteiger partial charge < -0.3 is 4.74 Å². The molecule has 1 aliphatic heterocycles. The summed E-state index contributed by atoms with van der Waals surface area (Å²) in [6.45, 7) is 0. The molecule has 0 fully saturated rings. The van der Waals surface area contributed by atoms with Crippen LogP contribution in [0.4, 0.5) is 5.69 Å². The minimum atomic E-state index is 0.128. The monoisotopic (exact) mass is 440 g/mol. The molecule has 0 aliphatic carbocycles. The number of hydrogen-bond acceptors (Lipinski definition) is 3. The molecule has 27 heavy (non-hydrogen) atoms. The molecule has 3 aromatic rings. The molecule has 0 aromatic heterocycles. The standard InChI is InChI=1S/C22H18BrClN2O/c1-27-20-12-4-16(5-13-20)22-14-21(15-2-8-18(24)9-3-15)25-26(22)19-10-6-17(23)7-11-19/h2-13,22H,14H2,1H3. The van der Waals surface area contributed by atoms with E-state index in [0.717, 1.165) is 38.6 Å². The molecule has 0 spiro atoms. The average Bonchev–Trinajstić information content (AvgIpc) is 3.14. The maximum absolute atomic E-state index is 6.04. The van der Waals surface area contributed by atoms with Crippen molar-refractivity contribution in [3.8, 4) is 5.75 Å². The highest BCUT2D eigenvalue weighted by molar-refractivity contribution is 9.10. The second-order valence-corrected chi connectivity index (χ2v) is 7.72. The quantitative estimate of drug-likeness (QED) is 0.464. The minimum absolute atomic E-state index is 0.128. The summed E-state index contributed by atoms with van der Waals surface area (Å²) in [5.41, 5.74) is 4.40. The summed E-state index contributed by atoms with van der Waals surface area (Å²) in [6, 6.07) is 24.4. The number of rotatable bonds is 4. The Hall–Kier alpha value is -2.30. The first kappa shape index (κ1) is 18.1. The van der Waals surface area contributed by atoms with E-state index < -0.39 is 0 Å². The SMILES string of the molecule is COc1ccc(C2CC(c3ccc(Cl)cc3)=NN2c2ccc(Br)cc2)cc1. The number of halogens is 2. The number of nitrogens with zero attached hydrogens (tertiary/aromatic N) is 2. The first-order chi connectivity index (χ1) is 13.1. The molecular weight excluding hydrogens is 424 g/mol. The Balaban J connectivity index is 1.72. The van der Waals surface area contributed by atoms with E-state index in [2.05, 4.69) is 45.2 Å². The van der Waals surface area contributed by atoms with Crippen LogP contribution < -0.4 is 9.75 Å². The van der Waals surface area contributed by atoms with Gasteiger partial charge in [0.05, 0.1) is 24.6 Å². The van der Waals surface area contributed by atoms with Gasteiger partial charge >= 0.3 is 0 Å². The summed E-state index contributed by atoms with van der Waals surface area (Å²) in [5.74, 6) is 0.853. The largest absolute Gasteiger partial charge is 0.497 e. The molecule has 0 N–H and O–H groups in total. The van der Waals surface area contributed by atoms with Crippen molar-refractivity contribution in [1.82, 2.24) is 0 Å². The first-order valence-electron chi connectivity index (χ1n) is 8.66. The molecular formula is C22H18BrClN2O. The zero-order valence-corrected chi connectivity index (χ0v) is 17.1. The lowest BCUT2D eigenvalue weighted by atomic mass is 9.98. The molecule has 3 nitrogen and oxygen atoms in total. The van der Waals surface area contributed by atoms with E-state index in [1.54, 1.807) is 7.11 Å². The summed E-state index contributed by atoms with van der Waals surface area (Å²) >= 11 is 9.55. The normalized spacial score (nSPS) is 16.3. The Morgan fingerprint density at radius 2 is 1.63 bits per heavy atom. The lowest BCUT2D eigenvalue weighted by Gasteiger charge is -2.24. The van der Waals surface area contributed by atoms with Gasteiger partial charge in [0.15, 0.2) is 0 Å². The van der Waals surface area contributed by atoms with Gasteiger partial charge in [-0.1, -0.05) is 51.8 Å². The Labute approximate surface area is 172 Å². The highest BCUT2D eigenvalue weighted by atomic mass is 79.9. The average molecular weight is 442 g/mol. The van der Waals surface area contributed by atoms with Crippen molar-refractivity contribution in [2.24, 2.45) is 5.10 Å². The molecule has 0 saturated heterocycles. The highest BCUT2D eigenvalue weighted by Crippen LogP contribution is 2.37. The van der Waals surface area contributed by atoms with E-state index in [1.807, 2.05) is 48.5 Å². The van der Waals surface area contributed by atoms with E-state index in [1.165, 1.54) is 5.56 Å². The van der Waals surface area contributed by atoms with Gasteiger partial charge in [-0.15, -0.1) is 0 Å². The van der Waals surface area contributed by atoms with Crippen LogP contribution in [-0.2, 0) is 0 Å². The molecule has 1 atom stereocenters. The van der Waals surface area contributed by atoms with Crippen molar-refractivity contribution in [2.45, 2.75) is 12.5 Å². The summed E-state index contributed by atoms with van der Waals surface area (Å²) in [7, 11) is 1.68. The highest BCUT2D eigenvalue weighted by Gasteiger charge is 2.29. The van der Waals surface area contributed by atoms with Crippen molar-refractivity contribution < 1.29 is 4.74 Å². The van der Waals surface area contributed by atoms with Crippen LogP contribution in [0.2, 0.25) is 5.02 Å². The van der Waals surface area contributed by atoms with Gasteiger partial charge in [-0.05, 0) is 59.7 Å². The van der Waals surface area contributed by atoms with Gasteiger partial charge in [-0.2, -0.15) is 5.10 Å². The number of hydrogen-bond donors (Lipinski definition) is 0. The van der Waals surface area contributed by atoms with Gasteiger partial charge in [0.25, 0.3) is 0 Å². The molecule has 5 heteroatoms. The Bertz CT molecular complexity index is 953. The van der Waals surface area contributed by atoms with Crippen molar-refractivity contribution in [3.05, 3.63) is 93.4 Å². The van der Waals surface area contributed by atoms with E-state index in [9.17, 15) is 0 Å². The third-order valence-electron chi connectivity index (χ3n) is 4.68. The number of ether oxygens (including phenoxy) is 1. The fraction of sp³-hybridized carbons (Fsp3) is 0.136. The molecule has 1 unspecified atom stereocenters.